The topological polar surface area (TPSA) is 37.3 Å². The molecule has 0 aromatic heterocycles. The quantitative estimate of drug-likeness (QED) is 0.248. The van der Waals surface area contributed by atoms with Gasteiger partial charge in [-0.2, -0.15) is 0 Å². The maximum Gasteiger partial charge on any atom is 0.152 e. The molecule has 1 rings (SSSR count). The molecule has 192 valence electrons. The van der Waals surface area contributed by atoms with Crippen molar-refractivity contribution in [3.63, 3.8) is 0 Å². The average Bonchev–Trinajstić information content (AvgIpc) is 2.75. The number of aliphatic hydroxyl groups excluding tert-OH is 1. The van der Waals surface area contributed by atoms with Crippen molar-refractivity contribution in [2.24, 2.45) is 5.41 Å². The molecule has 0 bridgehead atoms. The summed E-state index contributed by atoms with van der Waals surface area (Å²) in [6.45, 7) is 16.2. The Labute approximate surface area is 219 Å². The maximum absolute atomic E-state index is 10.9. The molecule has 1 atom stereocenters. The van der Waals surface area contributed by atoms with Crippen LogP contribution in [0.3, 0.4) is 0 Å². The summed E-state index contributed by atoms with van der Waals surface area (Å²) in [5.74, 6) is 0.0488. The lowest BCUT2D eigenvalue weighted by molar-refractivity contribution is -0.112. The lowest BCUT2D eigenvalue weighted by atomic mass is 9.72. The van der Waals surface area contributed by atoms with Gasteiger partial charge in [0.1, 0.15) is 0 Å². The van der Waals surface area contributed by atoms with Gasteiger partial charge in [0.05, 0.1) is 6.10 Å². The highest BCUT2D eigenvalue weighted by molar-refractivity contribution is 5.87. The van der Waals surface area contributed by atoms with Crippen molar-refractivity contribution < 1.29 is 9.90 Å². The van der Waals surface area contributed by atoms with E-state index >= 15 is 0 Å². The Kier molecular flexibility index (Phi) is 13.4. The third kappa shape index (κ3) is 13.0. The third-order valence-electron chi connectivity index (χ3n) is 5.78. The first-order valence-electron chi connectivity index (χ1n) is 12.6. The van der Waals surface area contributed by atoms with Crippen molar-refractivity contribution in [3.8, 4) is 0 Å². The molecule has 0 aromatic rings. The maximum atomic E-state index is 10.9. The van der Waals surface area contributed by atoms with Crippen LogP contribution in [0.4, 0.5) is 0 Å². The summed E-state index contributed by atoms with van der Waals surface area (Å²) in [5.41, 5.74) is 7.01. The summed E-state index contributed by atoms with van der Waals surface area (Å²) >= 11 is 0. The molecular weight excluding hydrogens is 440 g/mol. The molecule has 1 aliphatic rings. The highest BCUT2D eigenvalue weighted by Gasteiger charge is 2.30. The molecule has 0 saturated carbocycles. The van der Waals surface area contributed by atoms with E-state index in [2.05, 4.69) is 90.2 Å². The minimum Gasteiger partial charge on any atom is -0.389 e. The normalized spacial score (nSPS) is 21.8. The minimum atomic E-state index is -0.352. The molecule has 0 aliphatic heterocycles. The molecular formula is C34H44O2. The van der Waals surface area contributed by atoms with E-state index in [4.69, 9.17) is 0 Å². The van der Waals surface area contributed by atoms with Crippen molar-refractivity contribution in [1.82, 2.24) is 0 Å². The van der Waals surface area contributed by atoms with Crippen LogP contribution >= 0.6 is 0 Å². The SMILES string of the molecule is CC(=O)/C=C/C=C(C)/C=C/C=C(C)/C=C\C=C\C(C)=C\C=C\C(C)=C/C=C1\C(C)=CC(O)CC1(C)C. The molecule has 0 heterocycles. The van der Waals surface area contributed by atoms with Gasteiger partial charge in [0.25, 0.3) is 0 Å². The predicted octanol–water partition coefficient (Wildman–Crippen LogP) is 8.81. The van der Waals surface area contributed by atoms with Crippen molar-refractivity contribution in [2.45, 2.75) is 67.9 Å². The fourth-order valence-electron chi connectivity index (χ4n) is 3.85. The molecule has 2 nitrogen and oxygen atoms in total. The Bertz CT molecular complexity index is 1100. The highest BCUT2D eigenvalue weighted by atomic mass is 16.3. The van der Waals surface area contributed by atoms with E-state index in [9.17, 15) is 9.90 Å². The number of aliphatic hydroxyl groups is 1. The minimum absolute atomic E-state index is 0.0259. The first kappa shape index (κ1) is 30.8. The van der Waals surface area contributed by atoms with Gasteiger partial charge < -0.3 is 5.11 Å². The fraction of sp³-hybridized carbons (Fsp3) is 0.324. The predicted molar refractivity (Wildman–Crippen MR) is 158 cm³/mol. The van der Waals surface area contributed by atoms with E-state index in [1.165, 1.54) is 16.7 Å². The van der Waals surface area contributed by atoms with Gasteiger partial charge in [0, 0.05) is 0 Å². The second-order valence-corrected chi connectivity index (χ2v) is 10.1. The number of carbonyl (C=O) groups excluding carboxylic acids is 1. The molecule has 0 aromatic carbocycles. The van der Waals surface area contributed by atoms with Gasteiger partial charge in [-0.3, -0.25) is 4.79 Å². The van der Waals surface area contributed by atoms with Crippen molar-refractivity contribution in [2.75, 3.05) is 0 Å². The van der Waals surface area contributed by atoms with E-state index in [0.717, 1.165) is 23.1 Å². The zero-order valence-electron chi connectivity index (χ0n) is 23.4. The summed E-state index contributed by atoms with van der Waals surface area (Å²) in [6, 6.07) is 0. The Hall–Kier alpha value is -3.23. The molecule has 0 fully saturated rings. The van der Waals surface area contributed by atoms with Crippen molar-refractivity contribution in [1.29, 1.82) is 0 Å². The van der Waals surface area contributed by atoms with Crippen LogP contribution in [0, 0.1) is 5.41 Å². The summed E-state index contributed by atoms with van der Waals surface area (Å²) < 4.78 is 0. The Morgan fingerprint density at radius 3 is 1.61 bits per heavy atom. The standard InChI is InChI=1S/C34H44O2/c1-26(16-11-18-28(3)20-13-21-31(6)35)14-9-10-15-27(2)17-12-19-29(4)22-23-33-30(5)24-32(36)25-34(33,7)8/h9-24,32,36H,25H2,1-8H3/b14-9-,15-10+,18-11+,19-12+,21-13+,26-16+,27-17+,28-20+,29-22-,33-23+. The molecule has 2 heteroatoms. The summed E-state index contributed by atoms with van der Waals surface area (Å²) in [6.07, 6.45) is 32.5. The second-order valence-electron chi connectivity index (χ2n) is 10.1. The zero-order chi connectivity index (χ0) is 27.1. The first-order valence-corrected chi connectivity index (χ1v) is 12.6. The Morgan fingerprint density at radius 2 is 1.17 bits per heavy atom. The summed E-state index contributed by atoms with van der Waals surface area (Å²) in [7, 11) is 0. The lowest BCUT2D eigenvalue weighted by Crippen LogP contribution is -2.26. The molecule has 36 heavy (non-hydrogen) atoms. The Morgan fingerprint density at radius 1 is 0.750 bits per heavy atom. The largest absolute Gasteiger partial charge is 0.389 e. The van der Waals surface area contributed by atoms with E-state index < -0.39 is 0 Å². The molecule has 0 amide bonds. The first-order chi connectivity index (χ1) is 16.9. The lowest BCUT2D eigenvalue weighted by Gasteiger charge is -2.34. The van der Waals surface area contributed by atoms with Gasteiger partial charge in [-0.25, -0.2) is 0 Å². The average molecular weight is 485 g/mol. The fourth-order valence-corrected chi connectivity index (χ4v) is 3.85. The number of ketones is 1. The molecule has 0 saturated heterocycles. The van der Waals surface area contributed by atoms with Crippen molar-refractivity contribution in [3.05, 3.63) is 131 Å². The van der Waals surface area contributed by atoms with Crippen LogP contribution in [-0.2, 0) is 4.79 Å². The van der Waals surface area contributed by atoms with Gasteiger partial charge in [0.2, 0.25) is 0 Å². The third-order valence-corrected chi connectivity index (χ3v) is 5.78. The number of hydrogen-bond donors (Lipinski definition) is 1. The monoisotopic (exact) mass is 484 g/mol. The zero-order valence-corrected chi connectivity index (χ0v) is 23.4. The van der Waals surface area contributed by atoms with E-state index in [0.29, 0.717) is 0 Å². The van der Waals surface area contributed by atoms with Crippen LogP contribution in [-0.4, -0.2) is 17.0 Å². The van der Waals surface area contributed by atoms with Crippen LogP contribution in [0.1, 0.15) is 61.8 Å². The molecule has 0 spiro atoms. The number of hydrogen-bond acceptors (Lipinski definition) is 2. The molecule has 1 N–H and O–H groups in total. The van der Waals surface area contributed by atoms with Crippen LogP contribution in [0.2, 0.25) is 0 Å². The molecule has 0 radical (unpaired) electrons. The van der Waals surface area contributed by atoms with Gasteiger partial charge in [-0.15, -0.1) is 0 Å². The van der Waals surface area contributed by atoms with Crippen LogP contribution in [0.5, 0.6) is 0 Å². The van der Waals surface area contributed by atoms with Gasteiger partial charge >= 0.3 is 0 Å². The van der Waals surface area contributed by atoms with Crippen LogP contribution in [0.15, 0.2) is 131 Å². The van der Waals surface area contributed by atoms with Gasteiger partial charge in [-0.05, 0) is 70.6 Å². The van der Waals surface area contributed by atoms with E-state index in [1.807, 2.05) is 43.4 Å². The van der Waals surface area contributed by atoms with Crippen molar-refractivity contribution >= 4 is 5.78 Å². The smallest absolute Gasteiger partial charge is 0.152 e. The van der Waals surface area contributed by atoms with E-state index in [-0.39, 0.29) is 17.3 Å². The van der Waals surface area contributed by atoms with E-state index in [1.54, 1.807) is 19.1 Å². The van der Waals surface area contributed by atoms with Gasteiger partial charge in [0.15, 0.2) is 5.78 Å². The van der Waals surface area contributed by atoms with Gasteiger partial charge in [-0.1, -0.05) is 127 Å². The number of allylic oxidation sites excluding steroid dienone is 21. The second kappa shape index (κ2) is 15.7. The highest BCUT2D eigenvalue weighted by Crippen LogP contribution is 2.40. The number of rotatable bonds is 10. The molecule has 1 aliphatic carbocycles. The number of carbonyl (C=O) groups is 1. The van der Waals surface area contributed by atoms with Crippen LogP contribution < -0.4 is 0 Å². The Balaban J connectivity index is 2.66. The molecule has 1 unspecified atom stereocenters. The van der Waals surface area contributed by atoms with Crippen LogP contribution in [0.25, 0.3) is 0 Å². The summed E-state index contributed by atoms with van der Waals surface area (Å²) in [5, 5.41) is 10.0. The summed E-state index contributed by atoms with van der Waals surface area (Å²) in [4.78, 5) is 10.9.